The molecule has 0 bridgehead atoms. The number of hydrogen-bond acceptors (Lipinski definition) is 3. The van der Waals surface area contributed by atoms with Gasteiger partial charge in [0.1, 0.15) is 12.4 Å². The van der Waals surface area contributed by atoms with Gasteiger partial charge in [0.05, 0.1) is 12.2 Å². The van der Waals surface area contributed by atoms with Gasteiger partial charge >= 0.3 is 0 Å². The first-order valence-corrected chi connectivity index (χ1v) is 10.3. The van der Waals surface area contributed by atoms with Crippen molar-refractivity contribution >= 4 is 11.6 Å². The van der Waals surface area contributed by atoms with E-state index in [1.807, 2.05) is 37.3 Å². The second-order valence-corrected chi connectivity index (χ2v) is 7.69. The fourth-order valence-electron chi connectivity index (χ4n) is 2.96. The van der Waals surface area contributed by atoms with E-state index in [1.54, 1.807) is 22.9 Å². The monoisotopic (exact) mass is 430 g/mol. The highest BCUT2D eigenvalue weighted by Crippen LogP contribution is 2.27. The van der Waals surface area contributed by atoms with Gasteiger partial charge in [0.2, 0.25) is 0 Å². The standard InChI is InChI=1S/C24H21ClN2O2.C2H2/c1-17-12-23(29-16-22-13-21(25)10-11-26-22)14-24(28)27(17)15-20-8-6-19(7-9-20)5-4-18-2-3-18;1-2/h6-14,18H,2-3,15-16H2,1H3;1-2H. The quantitative estimate of drug-likeness (QED) is 0.544. The Morgan fingerprint density at radius 2 is 1.90 bits per heavy atom. The van der Waals surface area contributed by atoms with Gasteiger partial charge in [-0.05, 0) is 55.7 Å². The molecule has 0 amide bonds. The largest absolute Gasteiger partial charge is 0.487 e. The molecule has 0 aliphatic heterocycles. The van der Waals surface area contributed by atoms with Crippen LogP contribution in [0.5, 0.6) is 5.75 Å². The lowest BCUT2D eigenvalue weighted by Gasteiger charge is -2.13. The molecule has 5 heteroatoms. The van der Waals surface area contributed by atoms with E-state index in [2.05, 4.69) is 29.7 Å². The van der Waals surface area contributed by atoms with E-state index in [-0.39, 0.29) is 12.2 Å². The van der Waals surface area contributed by atoms with Crippen LogP contribution in [0, 0.1) is 37.5 Å². The van der Waals surface area contributed by atoms with E-state index in [4.69, 9.17) is 16.3 Å². The predicted molar refractivity (Wildman–Crippen MR) is 124 cm³/mol. The average molecular weight is 431 g/mol. The smallest absolute Gasteiger partial charge is 0.254 e. The normalized spacial score (nSPS) is 12.1. The number of benzene rings is 1. The third kappa shape index (κ3) is 6.51. The minimum absolute atomic E-state index is 0.100. The number of halogens is 1. The number of aromatic nitrogens is 2. The highest BCUT2D eigenvalue weighted by atomic mass is 35.5. The second-order valence-electron chi connectivity index (χ2n) is 7.25. The van der Waals surface area contributed by atoms with Crippen molar-refractivity contribution < 1.29 is 4.74 Å². The van der Waals surface area contributed by atoms with Crippen molar-refractivity contribution in [1.29, 1.82) is 0 Å². The molecule has 1 aliphatic rings. The Bertz CT molecular complexity index is 1180. The van der Waals surface area contributed by atoms with Gasteiger partial charge in [0.15, 0.2) is 0 Å². The van der Waals surface area contributed by atoms with Crippen molar-refractivity contribution in [3.8, 4) is 30.4 Å². The number of pyridine rings is 2. The van der Waals surface area contributed by atoms with E-state index >= 15 is 0 Å². The minimum atomic E-state index is -0.100. The first-order chi connectivity index (χ1) is 15.1. The molecule has 31 heavy (non-hydrogen) atoms. The Morgan fingerprint density at radius 1 is 1.16 bits per heavy atom. The van der Waals surface area contributed by atoms with E-state index < -0.39 is 0 Å². The van der Waals surface area contributed by atoms with Crippen LogP contribution < -0.4 is 10.3 Å². The van der Waals surface area contributed by atoms with Crippen LogP contribution in [-0.4, -0.2) is 9.55 Å². The molecule has 2 aromatic heterocycles. The van der Waals surface area contributed by atoms with Crippen molar-refractivity contribution in [2.45, 2.75) is 32.9 Å². The summed E-state index contributed by atoms with van der Waals surface area (Å²) in [5, 5.41) is 0.606. The molecule has 0 radical (unpaired) electrons. The lowest BCUT2D eigenvalue weighted by Crippen LogP contribution is -2.22. The lowest BCUT2D eigenvalue weighted by atomic mass is 10.1. The molecule has 0 unspecified atom stereocenters. The summed E-state index contributed by atoms with van der Waals surface area (Å²) in [4.78, 5) is 16.8. The van der Waals surface area contributed by atoms with Gasteiger partial charge in [0, 0.05) is 34.5 Å². The molecule has 1 aliphatic carbocycles. The van der Waals surface area contributed by atoms with E-state index in [1.165, 1.54) is 18.9 Å². The maximum absolute atomic E-state index is 12.6. The van der Waals surface area contributed by atoms with E-state index in [0.29, 0.717) is 28.9 Å². The first kappa shape index (κ1) is 22.2. The topological polar surface area (TPSA) is 44.1 Å². The molecule has 0 spiro atoms. The molecular formula is C26H23ClN2O2. The Kier molecular flexibility index (Phi) is 7.55. The van der Waals surface area contributed by atoms with Crippen LogP contribution in [0.15, 0.2) is 59.5 Å². The fraction of sp³-hybridized carbons (Fsp3) is 0.231. The number of nitrogens with zero attached hydrogens (tertiary/aromatic N) is 2. The van der Waals surface area contributed by atoms with E-state index in [9.17, 15) is 4.79 Å². The average Bonchev–Trinajstić information content (AvgIpc) is 3.60. The van der Waals surface area contributed by atoms with Crippen molar-refractivity contribution in [1.82, 2.24) is 9.55 Å². The van der Waals surface area contributed by atoms with Gasteiger partial charge in [-0.25, -0.2) is 0 Å². The molecule has 4 nitrogen and oxygen atoms in total. The summed E-state index contributed by atoms with van der Waals surface area (Å²) in [5.41, 5.74) is 3.53. The third-order valence-corrected chi connectivity index (χ3v) is 5.00. The summed E-state index contributed by atoms with van der Waals surface area (Å²) in [6.07, 6.45) is 12.1. The summed E-state index contributed by atoms with van der Waals surface area (Å²) in [5.74, 6) is 7.59. The molecule has 1 fully saturated rings. The maximum Gasteiger partial charge on any atom is 0.254 e. The van der Waals surface area contributed by atoms with Crippen LogP contribution in [0.2, 0.25) is 5.02 Å². The predicted octanol–water partition coefficient (Wildman–Crippen LogP) is 4.84. The Balaban J connectivity index is 0.00000132. The SMILES string of the molecule is C#C.Cc1cc(OCc2cc(Cl)ccn2)cc(=O)n1Cc1ccc(C#CC2CC2)cc1. The summed E-state index contributed by atoms with van der Waals surface area (Å²) >= 11 is 5.96. The summed E-state index contributed by atoms with van der Waals surface area (Å²) < 4.78 is 7.46. The summed E-state index contributed by atoms with van der Waals surface area (Å²) in [6, 6.07) is 14.9. The zero-order valence-electron chi connectivity index (χ0n) is 17.3. The Labute approximate surface area is 187 Å². The fourth-order valence-corrected chi connectivity index (χ4v) is 3.14. The number of terminal acetylenes is 1. The molecule has 156 valence electrons. The van der Waals surface area contributed by atoms with Crippen LogP contribution in [0.3, 0.4) is 0 Å². The molecule has 0 saturated heterocycles. The molecule has 2 heterocycles. The van der Waals surface area contributed by atoms with Crippen LogP contribution in [0.4, 0.5) is 0 Å². The number of rotatable bonds is 5. The highest BCUT2D eigenvalue weighted by Gasteiger charge is 2.17. The molecule has 0 N–H and O–H groups in total. The molecule has 1 aromatic carbocycles. The van der Waals surface area contributed by atoms with Crippen molar-refractivity contribution in [2.24, 2.45) is 5.92 Å². The third-order valence-electron chi connectivity index (χ3n) is 4.77. The summed E-state index contributed by atoms with van der Waals surface area (Å²) in [6.45, 7) is 2.67. The van der Waals surface area contributed by atoms with Gasteiger partial charge in [-0.1, -0.05) is 35.6 Å². The van der Waals surface area contributed by atoms with E-state index in [0.717, 1.165) is 16.8 Å². The lowest BCUT2D eigenvalue weighted by molar-refractivity contribution is 0.299. The van der Waals surface area contributed by atoms with Crippen LogP contribution >= 0.6 is 11.6 Å². The molecule has 3 aromatic rings. The van der Waals surface area contributed by atoms with Crippen LogP contribution in [0.25, 0.3) is 0 Å². The van der Waals surface area contributed by atoms with Gasteiger partial charge in [-0.3, -0.25) is 9.78 Å². The Hall–Kier alpha value is -3.47. The second kappa shape index (κ2) is 10.5. The molecule has 1 saturated carbocycles. The van der Waals surface area contributed by atoms with Crippen molar-refractivity contribution in [2.75, 3.05) is 0 Å². The summed E-state index contributed by atoms with van der Waals surface area (Å²) in [7, 11) is 0. The highest BCUT2D eigenvalue weighted by molar-refractivity contribution is 6.30. The van der Waals surface area contributed by atoms with Gasteiger partial charge in [0.25, 0.3) is 5.56 Å². The Morgan fingerprint density at radius 3 is 2.55 bits per heavy atom. The maximum atomic E-state index is 12.6. The van der Waals surface area contributed by atoms with Gasteiger partial charge < -0.3 is 9.30 Å². The molecule has 0 atom stereocenters. The van der Waals surface area contributed by atoms with Gasteiger partial charge in [-0.15, -0.1) is 12.8 Å². The van der Waals surface area contributed by atoms with Crippen molar-refractivity contribution in [3.05, 3.63) is 92.6 Å². The van der Waals surface area contributed by atoms with Crippen LogP contribution in [0.1, 0.15) is 35.4 Å². The molecule has 4 rings (SSSR count). The first-order valence-electron chi connectivity index (χ1n) is 9.95. The minimum Gasteiger partial charge on any atom is -0.487 e. The number of aryl methyl sites for hydroxylation is 1. The zero-order chi connectivity index (χ0) is 22.2. The number of hydrogen-bond donors (Lipinski definition) is 0. The van der Waals surface area contributed by atoms with Gasteiger partial charge in [-0.2, -0.15) is 0 Å². The number of ether oxygens (including phenoxy) is 1. The van der Waals surface area contributed by atoms with Crippen LogP contribution in [-0.2, 0) is 13.2 Å². The zero-order valence-corrected chi connectivity index (χ0v) is 18.1. The molecular weight excluding hydrogens is 408 g/mol. The van der Waals surface area contributed by atoms with Crippen molar-refractivity contribution in [3.63, 3.8) is 0 Å².